The van der Waals surface area contributed by atoms with Crippen LogP contribution in [0.5, 0.6) is 0 Å². The van der Waals surface area contributed by atoms with Crippen molar-refractivity contribution in [3.05, 3.63) is 71.8 Å². The van der Waals surface area contributed by atoms with Crippen molar-refractivity contribution in [2.24, 2.45) is 0 Å². The number of aliphatic hydroxyl groups excluding tert-OH is 1. The smallest absolute Gasteiger partial charge is 0.306 e. The molecule has 0 spiro atoms. The van der Waals surface area contributed by atoms with Crippen molar-refractivity contribution < 1.29 is 24.2 Å². The lowest BCUT2D eigenvalue weighted by molar-refractivity contribution is -0.145. The molecule has 2 amide bonds. The van der Waals surface area contributed by atoms with Gasteiger partial charge in [0.05, 0.1) is 0 Å². The predicted octanol–water partition coefficient (Wildman–Crippen LogP) is 1.81. The first-order valence-electron chi connectivity index (χ1n) is 9.54. The second-order valence-corrected chi connectivity index (χ2v) is 6.45. The number of esters is 1. The van der Waals surface area contributed by atoms with Gasteiger partial charge in [-0.3, -0.25) is 14.4 Å². The highest BCUT2D eigenvalue weighted by Gasteiger charge is 2.22. The third-order valence-corrected chi connectivity index (χ3v) is 4.17. The van der Waals surface area contributed by atoms with Crippen LogP contribution in [0.2, 0.25) is 0 Å². The Labute approximate surface area is 170 Å². The Balaban J connectivity index is 1.90. The van der Waals surface area contributed by atoms with Gasteiger partial charge in [0, 0.05) is 25.1 Å². The van der Waals surface area contributed by atoms with Crippen LogP contribution in [0.1, 0.15) is 35.2 Å². The third kappa shape index (κ3) is 8.15. The molecule has 0 unspecified atom stereocenters. The van der Waals surface area contributed by atoms with Gasteiger partial charge in [0.2, 0.25) is 5.91 Å². The lowest BCUT2D eigenvalue weighted by Gasteiger charge is -2.18. The van der Waals surface area contributed by atoms with E-state index < -0.39 is 23.8 Å². The van der Waals surface area contributed by atoms with Crippen molar-refractivity contribution in [1.29, 1.82) is 0 Å². The monoisotopic (exact) mass is 398 g/mol. The first kappa shape index (κ1) is 22.1. The summed E-state index contributed by atoms with van der Waals surface area (Å²) in [4.78, 5) is 36.9. The second kappa shape index (κ2) is 12.3. The number of amides is 2. The average Bonchev–Trinajstić information content (AvgIpc) is 2.76. The van der Waals surface area contributed by atoms with E-state index in [1.54, 1.807) is 30.3 Å². The summed E-state index contributed by atoms with van der Waals surface area (Å²) in [6.45, 7) is 0.391. The molecule has 3 N–H and O–H groups in total. The molecule has 2 aromatic carbocycles. The van der Waals surface area contributed by atoms with E-state index in [1.165, 1.54) is 0 Å². The standard InChI is InChI=1S/C22H26N2O5/c25-15-7-14-23-22(28)19(24-21(27)18-10-5-2-6-11-18)12-13-20(26)29-16-17-8-3-1-4-9-17/h1-6,8-11,19,25H,7,12-16H2,(H,23,28)(H,24,27)/t19-/m1/s1. The van der Waals surface area contributed by atoms with E-state index in [9.17, 15) is 14.4 Å². The average molecular weight is 398 g/mol. The molecule has 0 saturated heterocycles. The summed E-state index contributed by atoms with van der Waals surface area (Å²) in [5.74, 6) is -1.25. The molecule has 29 heavy (non-hydrogen) atoms. The Morgan fingerprint density at radius 3 is 2.28 bits per heavy atom. The lowest BCUT2D eigenvalue weighted by Crippen LogP contribution is -2.47. The molecule has 7 heteroatoms. The summed E-state index contributed by atoms with van der Waals surface area (Å²) in [5, 5.41) is 14.2. The molecule has 2 rings (SSSR count). The van der Waals surface area contributed by atoms with Crippen molar-refractivity contribution in [3.8, 4) is 0 Å². The summed E-state index contributed by atoms with van der Waals surface area (Å²) in [6.07, 6.45) is 0.501. The van der Waals surface area contributed by atoms with Crippen LogP contribution in [0.15, 0.2) is 60.7 Å². The minimum absolute atomic E-state index is 0.0139. The summed E-state index contributed by atoms with van der Waals surface area (Å²) in [5.41, 5.74) is 1.30. The van der Waals surface area contributed by atoms with Gasteiger partial charge < -0.3 is 20.5 Å². The normalized spacial score (nSPS) is 11.3. The Hall–Kier alpha value is -3.19. The zero-order valence-electron chi connectivity index (χ0n) is 16.2. The number of nitrogens with one attached hydrogen (secondary N) is 2. The summed E-state index contributed by atoms with van der Waals surface area (Å²) in [7, 11) is 0. The van der Waals surface area contributed by atoms with Gasteiger partial charge in [0.1, 0.15) is 12.6 Å². The van der Waals surface area contributed by atoms with Crippen LogP contribution >= 0.6 is 0 Å². The van der Waals surface area contributed by atoms with Gasteiger partial charge >= 0.3 is 5.97 Å². The Morgan fingerprint density at radius 1 is 0.966 bits per heavy atom. The second-order valence-electron chi connectivity index (χ2n) is 6.45. The quantitative estimate of drug-likeness (QED) is 0.396. The molecule has 7 nitrogen and oxygen atoms in total. The maximum absolute atomic E-state index is 12.4. The minimum Gasteiger partial charge on any atom is -0.461 e. The molecule has 0 bridgehead atoms. The van der Waals surface area contributed by atoms with Crippen LogP contribution in [0.3, 0.4) is 0 Å². The highest BCUT2D eigenvalue weighted by atomic mass is 16.5. The van der Waals surface area contributed by atoms with E-state index in [0.717, 1.165) is 5.56 Å². The number of hydrogen-bond donors (Lipinski definition) is 3. The van der Waals surface area contributed by atoms with Crippen molar-refractivity contribution in [2.45, 2.75) is 31.9 Å². The molecular weight excluding hydrogens is 372 g/mol. The fourth-order valence-corrected chi connectivity index (χ4v) is 2.59. The summed E-state index contributed by atoms with van der Waals surface area (Å²) >= 11 is 0. The first-order valence-corrected chi connectivity index (χ1v) is 9.54. The fraction of sp³-hybridized carbons (Fsp3) is 0.318. The number of benzene rings is 2. The van der Waals surface area contributed by atoms with E-state index in [0.29, 0.717) is 12.0 Å². The van der Waals surface area contributed by atoms with Gasteiger partial charge in [-0.05, 0) is 30.5 Å². The summed E-state index contributed by atoms with van der Waals surface area (Å²) in [6, 6.07) is 16.9. The fourth-order valence-electron chi connectivity index (χ4n) is 2.59. The van der Waals surface area contributed by atoms with Gasteiger partial charge in [-0.15, -0.1) is 0 Å². The topological polar surface area (TPSA) is 105 Å². The van der Waals surface area contributed by atoms with Crippen molar-refractivity contribution in [2.75, 3.05) is 13.2 Å². The van der Waals surface area contributed by atoms with Crippen LogP contribution in [0.4, 0.5) is 0 Å². The van der Waals surface area contributed by atoms with E-state index in [4.69, 9.17) is 9.84 Å². The number of hydrogen-bond acceptors (Lipinski definition) is 5. The number of ether oxygens (including phenoxy) is 1. The first-order chi connectivity index (χ1) is 14.1. The Kier molecular flexibility index (Phi) is 9.38. The SMILES string of the molecule is O=C(CC[C@@H](NC(=O)c1ccccc1)C(=O)NCCCO)OCc1ccccc1. The van der Waals surface area contributed by atoms with Gasteiger partial charge in [-0.2, -0.15) is 0 Å². The molecule has 0 aliphatic heterocycles. The van der Waals surface area contributed by atoms with Crippen LogP contribution in [-0.2, 0) is 20.9 Å². The lowest BCUT2D eigenvalue weighted by atomic mass is 10.1. The number of carbonyl (C=O) groups excluding carboxylic acids is 3. The van der Waals surface area contributed by atoms with Gasteiger partial charge in [-0.25, -0.2) is 0 Å². The van der Waals surface area contributed by atoms with Crippen molar-refractivity contribution >= 4 is 17.8 Å². The maximum atomic E-state index is 12.4. The third-order valence-electron chi connectivity index (χ3n) is 4.17. The van der Waals surface area contributed by atoms with Gasteiger partial charge in [0.15, 0.2) is 0 Å². The van der Waals surface area contributed by atoms with Crippen LogP contribution in [-0.4, -0.2) is 42.1 Å². The molecule has 0 aliphatic rings. The molecule has 0 radical (unpaired) electrons. The van der Waals surface area contributed by atoms with Crippen molar-refractivity contribution in [3.63, 3.8) is 0 Å². The van der Waals surface area contributed by atoms with Gasteiger partial charge in [0.25, 0.3) is 5.91 Å². The highest BCUT2D eigenvalue weighted by Crippen LogP contribution is 2.06. The highest BCUT2D eigenvalue weighted by molar-refractivity contribution is 5.97. The van der Waals surface area contributed by atoms with E-state index in [1.807, 2.05) is 30.3 Å². The van der Waals surface area contributed by atoms with E-state index in [2.05, 4.69) is 10.6 Å². The maximum Gasteiger partial charge on any atom is 0.306 e. The Morgan fingerprint density at radius 2 is 1.62 bits per heavy atom. The molecule has 1 atom stereocenters. The van der Waals surface area contributed by atoms with Gasteiger partial charge in [-0.1, -0.05) is 48.5 Å². The molecular formula is C22H26N2O5. The Bertz CT molecular complexity index is 780. The van der Waals surface area contributed by atoms with E-state index in [-0.39, 0.29) is 32.6 Å². The molecule has 0 aromatic heterocycles. The number of aliphatic hydroxyl groups is 1. The van der Waals surface area contributed by atoms with Crippen LogP contribution < -0.4 is 10.6 Å². The minimum atomic E-state index is -0.884. The predicted molar refractivity (Wildman–Crippen MR) is 108 cm³/mol. The van der Waals surface area contributed by atoms with Crippen molar-refractivity contribution in [1.82, 2.24) is 10.6 Å². The van der Waals surface area contributed by atoms with Crippen LogP contribution in [0.25, 0.3) is 0 Å². The van der Waals surface area contributed by atoms with Crippen LogP contribution in [0, 0.1) is 0 Å². The number of rotatable bonds is 11. The molecule has 0 heterocycles. The molecule has 154 valence electrons. The zero-order chi connectivity index (χ0) is 20.9. The molecule has 0 fully saturated rings. The largest absolute Gasteiger partial charge is 0.461 e. The zero-order valence-corrected chi connectivity index (χ0v) is 16.2. The molecule has 0 aliphatic carbocycles. The van der Waals surface area contributed by atoms with E-state index >= 15 is 0 Å². The summed E-state index contributed by atoms with van der Waals surface area (Å²) < 4.78 is 5.23. The molecule has 2 aromatic rings. The number of carbonyl (C=O) groups is 3. The molecule has 0 saturated carbocycles.